The topological polar surface area (TPSA) is 89.5 Å². The van der Waals surface area contributed by atoms with Gasteiger partial charge in [0.15, 0.2) is 0 Å². The number of aromatic amines is 2. The Labute approximate surface area is 118 Å². The molecule has 0 amide bonds. The van der Waals surface area contributed by atoms with Crippen LogP contribution in [0.4, 0.5) is 0 Å². The Balaban J connectivity index is 1.92. The molecule has 1 aromatic carbocycles. The van der Waals surface area contributed by atoms with Crippen LogP contribution >= 0.6 is 11.8 Å². The summed E-state index contributed by atoms with van der Waals surface area (Å²) in [6.07, 6.45) is 3.27. The molecule has 1 aliphatic rings. The number of hydrogen-bond donors (Lipinski definition) is 2. The van der Waals surface area contributed by atoms with Gasteiger partial charge in [0.25, 0.3) is 0 Å². The molecule has 1 aliphatic heterocycles. The average Bonchev–Trinajstić information content (AvgIpc) is 2.49. The van der Waals surface area contributed by atoms with E-state index in [2.05, 4.69) is 16.0 Å². The first kappa shape index (κ1) is 12.8. The molecule has 1 atom stereocenters. The van der Waals surface area contributed by atoms with Crippen LogP contribution in [0.5, 0.6) is 0 Å². The minimum Gasteiger partial charge on any atom is -0.323 e. The van der Waals surface area contributed by atoms with E-state index in [4.69, 9.17) is 5.26 Å². The third kappa shape index (κ3) is 2.28. The SMILES string of the molecule is N#Cc1ccc2c(c1)CCC(c1c[nH]c(=O)c(=O)[nH]1)S2. The maximum atomic E-state index is 11.4. The lowest BCUT2D eigenvalue weighted by atomic mass is 10.0. The first-order chi connectivity index (χ1) is 9.67. The molecule has 0 aliphatic carbocycles. The van der Waals surface area contributed by atoms with Gasteiger partial charge in [-0.15, -0.1) is 11.8 Å². The fraction of sp³-hybridized carbons (Fsp3) is 0.214. The molecule has 0 radical (unpaired) electrons. The molecule has 0 bridgehead atoms. The van der Waals surface area contributed by atoms with Gasteiger partial charge in [-0.3, -0.25) is 9.59 Å². The minimum atomic E-state index is -0.631. The van der Waals surface area contributed by atoms with Gasteiger partial charge in [0.2, 0.25) is 0 Å². The molecule has 20 heavy (non-hydrogen) atoms. The lowest BCUT2D eigenvalue weighted by Crippen LogP contribution is -2.30. The number of benzene rings is 1. The van der Waals surface area contributed by atoms with E-state index in [1.165, 1.54) is 0 Å². The van der Waals surface area contributed by atoms with Gasteiger partial charge in [-0.1, -0.05) is 0 Å². The maximum absolute atomic E-state index is 11.4. The highest BCUT2D eigenvalue weighted by molar-refractivity contribution is 7.99. The van der Waals surface area contributed by atoms with E-state index >= 15 is 0 Å². The van der Waals surface area contributed by atoms with Crippen molar-refractivity contribution in [2.45, 2.75) is 23.0 Å². The molecule has 2 aromatic rings. The lowest BCUT2D eigenvalue weighted by molar-refractivity contribution is 0.743. The van der Waals surface area contributed by atoms with Gasteiger partial charge in [0, 0.05) is 16.8 Å². The molecule has 0 fully saturated rings. The number of nitrogens with zero attached hydrogens (tertiary/aromatic N) is 1. The van der Waals surface area contributed by atoms with Gasteiger partial charge in [0.05, 0.1) is 16.9 Å². The number of thioether (sulfide) groups is 1. The van der Waals surface area contributed by atoms with Crippen LogP contribution in [-0.4, -0.2) is 9.97 Å². The molecule has 5 nitrogen and oxygen atoms in total. The van der Waals surface area contributed by atoms with E-state index in [0.717, 1.165) is 29.0 Å². The standard InChI is InChI=1S/C14H11N3O2S/c15-6-8-1-3-11-9(5-8)2-4-12(20-11)10-7-16-13(18)14(19)17-10/h1,3,5,7,12H,2,4H2,(H,16,18)(H,17,19). The molecule has 6 heteroatoms. The van der Waals surface area contributed by atoms with Crippen molar-refractivity contribution in [3.8, 4) is 6.07 Å². The molecule has 0 saturated carbocycles. The summed E-state index contributed by atoms with van der Waals surface area (Å²) in [5, 5.41) is 9.01. The van der Waals surface area contributed by atoms with Gasteiger partial charge >= 0.3 is 11.1 Å². The van der Waals surface area contributed by atoms with Gasteiger partial charge in [0.1, 0.15) is 0 Å². The summed E-state index contributed by atoms with van der Waals surface area (Å²) in [4.78, 5) is 28.6. The Hall–Kier alpha value is -2.26. The number of H-pyrrole nitrogens is 2. The smallest absolute Gasteiger partial charge is 0.313 e. The van der Waals surface area contributed by atoms with Crippen molar-refractivity contribution >= 4 is 11.8 Å². The molecule has 1 aromatic heterocycles. The highest BCUT2D eigenvalue weighted by atomic mass is 32.2. The Morgan fingerprint density at radius 3 is 2.90 bits per heavy atom. The van der Waals surface area contributed by atoms with Crippen LogP contribution in [0.15, 0.2) is 38.9 Å². The maximum Gasteiger partial charge on any atom is 0.313 e. The number of rotatable bonds is 1. The molecular formula is C14H11N3O2S. The molecule has 0 spiro atoms. The third-order valence-corrected chi connectivity index (χ3v) is 4.73. The molecule has 2 N–H and O–H groups in total. The fourth-order valence-electron chi connectivity index (χ4n) is 2.28. The molecule has 2 heterocycles. The fourth-order valence-corrected chi connectivity index (χ4v) is 3.54. The number of nitriles is 1. The second-order valence-corrected chi connectivity index (χ2v) is 5.85. The van der Waals surface area contributed by atoms with Crippen LogP contribution in [-0.2, 0) is 6.42 Å². The summed E-state index contributed by atoms with van der Waals surface area (Å²) < 4.78 is 0. The predicted molar refractivity (Wildman–Crippen MR) is 75.8 cm³/mol. The van der Waals surface area contributed by atoms with Gasteiger partial charge in [-0.05, 0) is 36.6 Å². The van der Waals surface area contributed by atoms with Crippen LogP contribution in [0.25, 0.3) is 0 Å². The summed E-state index contributed by atoms with van der Waals surface area (Å²) in [5.74, 6) is 0. The van der Waals surface area contributed by atoms with Crippen LogP contribution < -0.4 is 11.1 Å². The van der Waals surface area contributed by atoms with Crippen molar-refractivity contribution in [3.63, 3.8) is 0 Å². The summed E-state index contributed by atoms with van der Waals surface area (Å²) in [7, 11) is 0. The monoisotopic (exact) mass is 285 g/mol. The second-order valence-electron chi connectivity index (χ2n) is 4.61. The van der Waals surface area contributed by atoms with E-state index in [1.54, 1.807) is 24.0 Å². The van der Waals surface area contributed by atoms with E-state index in [-0.39, 0.29) is 5.25 Å². The van der Waals surface area contributed by atoms with Crippen molar-refractivity contribution in [3.05, 3.63) is 61.9 Å². The lowest BCUT2D eigenvalue weighted by Gasteiger charge is -2.23. The van der Waals surface area contributed by atoms with Crippen molar-refractivity contribution in [1.29, 1.82) is 5.26 Å². The quantitative estimate of drug-likeness (QED) is 0.781. The number of nitrogens with one attached hydrogen (secondary N) is 2. The highest BCUT2D eigenvalue weighted by Gasteiger charge is 2.22. The zero-order chi connectivity index (χ0) is 14.1. The van der Waals surface area contributed by atoms with Gasteiger partial charge in [-0.25, -0.2) is 0 Å². The Kier molecular flexibility index (Phi) is 3.20. The summed E-state index contributed by atoms with van der Waals surface area (Å²) in [6, 6.07) is 7.78. The van der Waals surface area contributed by atoms with E-state index in [1.807, 2.05) is 12.1 Å². The third-order valence-electron chi connectivity index (χ3n) is 3.30. The summed E-state index contributed by atoms with van der Waals surface area (Å²) in [5.41, 5.74) is 1.31. The van der Waals surface area contributed by atoms with Crippen LogP contribution in [0, 0.1) is 11.3 Å². The zero-order valence-electron chi connectivity index (χ0n) is 10.5. The van der Waals surface area contributed by atoms with Crippen LogP contribution in [0.1, 0.15) is 28.5 Å². The molecular weight excluding hydrogens is 274 g/mol. The summed E-state index contributed by atoms with van der Waals surface area (Å²) >= 11 is 1.64. The van der Waals surface area contributed by atoms with E-state index < -0.39 is 11.1 Å². The molecule has 100 valence electrons. The molecule has 1 unspecified atom stereocenters. The largest absolute Gasteiger partial charge is 0.323 e. The van der Waals surface area contributed by atoms with Crippen LogP contribution in [0.3, 0.4) is 0 Å². The first-order valence-corrected chi connectivity index (χ1v) is 7.07. The predicted octanol–water partition coefficient (Wildman–Crippen LogP) is 1.71. The highest BCUT2D eigenvalue weighted by Crippen LogP contribution is 2.43. The zero-order valence-corrected chi connectivity index (χ0v) is 11.3. The Morgan fingerprint density at radius 2 is 2.15 bits per heavy atom. The molecule has 3 rings (SSSR count). The minimum absolute atomic E-state index is 0.111. The number of fused-ring (bicyclic) bond motifs is 1. The van der Waals surface area contributed by atoms with Gasteiger partial charge in [-0.2, -0.15) is 5.26 Å². The first-order valence-electron chi connectivity index (χ1n) is 6.19. The van der Waals surface area contributed by atoms with Crippen LogP contribution in [0.2, 0.25) is 0 Å². The second kappa shape index (κ2) is 5.02. The van der Waals surface area contributed by atoms with E-state index in [9.17, 15) is 9.59 Å². The van der Waals surface area contributed by atoms with Crippen molar-refractivity contribution < 1.29 is 0 Å². The Bertz CT molecular complexity index is 816. The summed E-state index contributed by atoms with van der Waals surface area (Å²) in [6.45, 7) is 0. The van der Waals surface area contributed by atoms with Gasteiger partial charge < -0.3 is 9.97 Å². The van der Waals surface area contributed by atoms with E-state index in [0.29, 0.717) is 5.56 Å². The number of aryl methyl sites for hydroxylation is 1. The Morgan fingerprint density at radius 1 is 1.30 bits per heavy atom. The number of hydrogen-bond acceptors (Lipinski definition) is 4. The average molecular weight is 285 g/mol. The van der Waals surface area contributed by atoms with Crippen molar-refractivity contribution in [1.82, 2.24) is 9.97 Å². The normalized spacial score (nSPS) is 17.2. The number of aromatic nitrogens is 2. The molecule has 0 saturated heterocycles. The van der Waals surface area contributed by atoms with Crippen molar-refractivity contribution in [2.75, 3.05) is 0 Å². The van der Waals surface area contributed by atoms with Crippen molar-refractivity contribution in [2.24, 2.45) is 0 Å².